The predicted molar refractivity (Wildman–Crippen MR) is 205 cm³/mol. The van der Waals surface area contributed by atoms with Gasteiger partial charge in [-0.15, -0.1) is 0 Å². The van der Waals surface area contributed by atoms with Gasteiger partial charge in [0.2, 0.25) is 0 Å². The molecule has 0 aliphatic rings. The average Bonchev–Trinajstić information content (AvgIpc) is 3.73. The Morgan fingerprint density at radius 2 is 0.900 bits per heavy atom. The summed E-state index contributed by atoms with van der Waals surface area (Å²) in [7, 11) is 0. The molecule has 0 atom stereocenters. The Labute approximate surface area is 288 Å². The van der Waals surface area contributed by atoms with Crippen molar-refractivity contribution < 1.29 is 4.42 Å². The van der Waals surface area contributed by atoms with E-state index in [1.54, 1.807) is 0 Å². The summed E-state index contributed by atoms with van der Waals surface area (Å²) in [6.45, 7) is 0. The highest BCUT2D eigenvalue weighted by Gasteiger charge is 2.16. The fraction of sp³-hybridized carbons (Fsp3) is 0. The number of furan rings is 1. The van der Waals surface area contributed by atoms with E-state index in [2.05, 4.69) is 144 Å². The van der Waals surface area contributed by atoms with E-state index in [4.69, 9.17) is 14.4 Å². The molecule has 0 spiro atoms. The molecule has 0 unspecified atom stereocenters. The smallest absolute Gasteiger partial charge is 0.160 e. The van der Waals surface area contributed by atoms with Crippen molar-refractivity contribution in [2.75, 3.05) is 0 Å². The maximum Gasteiger partial charge on any atom is 0.160 e. The van der Waals surface area contributed by atoms with Gasteiger partial charge in [0.25, 0.3) is 0 Å². The lowest BCUT2D eigenvalue weighted by Gasteiger charge is -2.09. The van der Waals surface area contributed by atoms with Crippen LogP contribution in [0.25, 0.3) is 94.5 Å². The van der Waals surface area contributed by atoms with Crippen molar-refractivity contribution in [3.05, 3.63) is 176 Å². The Bertz CT molecular complexity index is 2800. The molecule has 50 heavy (non-hydrogen) atoms. The molecule has 0 bridgehead atoms. The zero-order chi connectivity index (χ0) is 33.0. The van der Waals surface area contributed by atoms with Gasteiger partial charge < -0.3 is 8.98 Å². The van der Waals surface area contributed by atoms with Gasteiger partial charge in [-0.1, -0.05) is 115 Å². The molecule has 0 N–H and O–H groups in total. The first kappa shape index (κ1) is 28.3. The summed E-state index contributed by atoms with van der Waals surface area (Å²) in [5.41, 5.74) is 12.3. The summed E-state index contributed by atoms with van der Waals surface area (Å²) < 4.78 is 8.73. The van der Waals surface area contributed by atoms with E-state index in [0.717, 1.165) is 66.8 Å². The van der Waals surface area contributed by atoms with Crippen LogP contribution in [0.1, 0.15) is 0 Å². The van der Waals surface area contributed by atoms with Gasteiger partial charge in [0.15, 0.2) is 5.82 Å². The minimum Gasteiger partial charge on any atom is -0.456 e. The van der Waals surface area contributed by atoms with E-state index in [1.807, 2.05) is 36.4 Å². The lowest BCUT2D eigenvalue weighted by atomic mass is 10.00. The lowest BCUT2D eigenvalue weighted by Crippen LogP contribution is -1.95. The Kier molecular flexibility index (Phi) is 6.46. The second-order valence-electron chi connectivity index (χ2n) is 12.6. The number of hydrogen-bond donors (Lipinski definition) is 0. The van der Waals surface area contributed by atoms with Gasteiger partial charge in [0.1, 0.15) is 11.2 Å². The monoisotopic (exact) mass is 639 g/mol. The van der Waals surface area contributed by atoms with E-state index in [0.29, 0.717) is 5.82 Å². The van der Waals surface area contributed by atoms with Gasteiger partial charge in [-0.3, -0.25) is 0 Å². The molecule has 0 saturated heterocycles. The van der Waals surface area contributed by atoms with Crippen molar-refractivity contribution in [2.45, 2.75) is 0 Å². The van der Waals surface area contributed by atoms with Crippen LogP contribution in [0.5, 0.6) is 0 Å². The van der Waals surface area contributed by atoms with Gasteiger partial charge in [-0.2, -0.15) is 0 Å². The van der Waals surface area contributed by atoms with Crippen LogP contribution in [0, 0.1) is 0 Å². The summed E-state index contributed by atoms with van der Waals surface area (Å²) in [6.07, 6.45) is 0. The molecule has 10 aromatic rings. The topological polar surface area (TPSA) is 43.9 Å². The molecule has 0 radical (unpaired) electrons. The number of benzene rings is 7. The molecule has 3 aromatic heterocycles. The van der Waals surface area contributed by atoms with E-state index < -0.39 is 0 Å². The summed E-state index contributed by atoms with van der Waals surface area (Å²) >= 11 is 0. The van der Waals surface area contributed by atoms with Gasteiger partial charge in [0.05, 0.1) is 22.4 Å². The molecule has 234 valence electrons. The van der Waals surface area contributed by atoms with Crippen molar-refractivity contribution in [1.82, 2.24) is 14.5 Å². The van der Waals surface area contributed by atoms with Crippen LogP contribution in [0.3, 0.4) is 0 Å². The van der Waals surface area contributed by atoms with E-state index >= 15 is 0 Å². The number of nitrogens with zero attached hydrogens (tertiary/aromatic N) is 3. The molecule has 0 fully saturated rings. The molecule has 7 aromatic carbocycles. The van der Waals surface area contributed by atoms with Gasteiger partial charge in [0, 0.05) is 43.9 Å². The Balaban J connectivity index is 1.12. The highest BCUT2D eigenvalue weighted by molar-refractivity contribution is 6.11. The van der Waals surface area contributed by atoms with Crippen molar-refractivity contribution >= 4 is 43.7 Å². The highest BCUT2D eigenvalue weighted by Crippen LogP contribution is 2.38. The molecule has 4 heteroatoms. The van der Waals surface area contributed by atoms with Crippen LogP contribution in [0.4, 0.5) is 0 Å². The molecule has 4 nitrogen and oxygen atoms in total. The average molecular weight is 640 g/mol. The Morgan fingerprint density at radius 3 is 1.64 bits per heavy atom. The molecule has 0 aliphatic heterocycles. The molecule has 3 heterocycles. The van der Waals surface area contributed by atoms with E-state index in [-0.39, 0.29) is 0 Å². The van der Waals surface area contributed by atoms with Crippen LogP contribution in [-0.4, -0.2) is 14.5 Å². The predicted octanol–water partition coefficient (Wildman–Crippen LogP) is 12.1. The van der Waals surface area contributed by atoms with Gasteiger partial charge in [-0.25, -0.2) is 9.97 Å². The van der Waals surface area contributed by atoms with Crippen LogP contribution >= 0.6 is 0 Å². The molecule has 0 aliphatic carbocycles. The fourth-order valence-corrected chi connectivity index (χ4v) is 7.19. The van der Waals surface area contributed by atoms with Crippen LogP contribution in [0.15, 0.2) is 180 Å². The summed E-state index contributed by atoms with van der Waals surface area (Å²) in [5, 5.41) is 4.61. The SMILES string of the molecule is c1ccc(-c2cc(-c3ccc4oc5ccc(-c6ccc7c8ccccc8n(-c8ccccc8)c7c6)cc5c4c3)nc(-c3ccccc3)n2)cc1. The molecular formula is C46H29N3O. The summed E-state index contributed by atoms with van der Waals surface area (Å²) in [6, 6.07) is 61.4. The van der Waals surface area contributed by atoms with E-state index in [1.165, 1.54) is 21.8 Å². The number of fused-ring (bicyclic) bond motifs is 6. The first-order chi connectivity index (χ1) is 24.8. The highest BCUT2D eigenvalue weighted by atomic mass is 16.3. The maximum absolute atomic E-state index is 6.37. The van der Waals surface area contributed by atoms with Crippen LogP contribution in [0.2, 0.25) is 0 Å². The van der Waals surface area contributed by atoms with Crippen molar-refractivity contribution in [1.29, 1.82) is 0 Å². The molecule has 0 saturated carbocycles. The largest absolute Gasteiger partial charge is 0.456 e. The summed E-state index contributed by atoms with van der Waals surface area (Å²) in [4.78, 5) is 10.0. The Hall–Kier alpha value is -6.78. The van der Waals surface area contributed by atoms with Crippen molar-refractivity contribution in [3.8, 4) is 50.7 Å². The standard InChI is InChI=1S/C46H29N3O/c1-4-12-30(13-5-1)40-29-41(48-46(47-40)31-14-6-2-7-15-31)34-22-25-45-39(27-34)38-26-32(21-24-44(38)50-45)33-20-23-37-36-18-10-11-19-42(36)49(43(37)28-33)35-16-8-3-9-17-35/h1-29H. The number of rotatable bonds is 5. The van der Waals surface area contributed by atoms with Crippen LogP contribution < -0.4 is 0 Å². The third-order valence-corrected chi connectivity index (χ3v) is 9.61. The molecule has 10 rings (SSSR count). The summed E-state index contributed by atoms with van der Waals surface area (Å²) in [5.74, 6) is 0.699. The zero-order valence-corrected chi connectivity index (χ0v) is 27.0. The number of aromatic nitrogens is 3. The van der Waals surface area contributed by atoms with Crippen molar-refractivity contribution in [3.63, 3.8) is 0 Å². The normalized spacial score (nSPS) is 11.6. The lowest BCUT2D eigenvalue weighted by molar-refractivity contribution is 0.669. The zero-order valence-electron chi connectivity index (χ0n) is 27.0. The first-order valence-corrected chi connectivity index (χ1v) is 16.8. The maximum atomic E-state index is 6.37. The third-order valence-electron chi connectivity index (χ3n) is 9.61. The minimum atomic E-state index is 0.699. The van der Waals surface area contributed by atoms with Crippen molar-refractivity contribution in [2.24, 2.45) is 0 Å². The minimum absolute atomic E-state index is 0.699. The molecule has 0 amide bonds. The number of hydrogen-bond acceptors (Lipinski definition) is 3. The van der Waals surface area contributed by atoms with Gasteiger partial charge >= 0.3 is 0 Å². The quantitative estimate of drug-likeness (QED) is 0.188. The molecular weight excluding hydrogens is 611 g/mol. The van der Waals surface area contributed by atoms with Gasteiger partial charge in [-0.05, 0) is 71.8 Å². The second kappa shape index (κ2) is 11.4. The fourth-order valence-electron chi connectivity index (χ4n) is 7.19. The number of para-hydroxylation sites is 2. The Morgan fingerprint density at radius 1 is 0.360 bits per heavy atom. The van der Waals surface area contributed by atoms with Crippen LogP contribution in [-0.2, 0) is 0 Å². The third kappa shape index (κ3) is 4.69. The second-order valence-corrected chi connectivity index (χ2v) is 12.6. The van der Waals surface area contributed by atoms with E-state index in [9.17, 15) is 0 Å². The first-order valence-electron chi connectivity index (χ1n) is 16.8.